The van der Waals surface area contributed by atoms with Gasteiger partial charge in [0.15, 0.2) is 0 Å². The molecule has 53 heavy (non-hydrogen) atoms. The predicted octanol–water partition coefficient (Wildman–Crippen LogP) is 2.10. The van der Waals surface area contributed by atoms with Crippen LogP contribution in [0.3, 0.4) is 0 Å². The lowest BCUT2D eigenvalue weighted by molar-refractivity contribution is -0.143. The third-order valence-electron chi connectivity index (χ3n) is 9.52. The molecule has 294 valence electrons. The molecule has 0 spiro atoms. The number of alkyl carbamates (subject to hydrolysis) is 1. The van der Waals surface area contributed by atoms with Crippen LogP contribution in [0, 0.1) is 17.8 Å². The van der Waals surface area contributed by atoms with E-state index in [1.54, 1.807) is 20.8 Å². The number of nitrogens with one attached hydrogen (secondary N) is 4. The fraction of sp³-hybridized carbons (Fsp3) is 0.658. The number of rotatable bonds is 19. The van der Waals surface area contributed by atoms with Crippen molar-refractivity contribution in [3.05, 3.63) is 35.9 Å². The van der Waals surface area contributed by atoms with Gasteiger partial charge in [-0.25, -0.2) is 4.79 Å². The average molecular weight is 743 g/mol. The molecule has 15 nitrogen and oxygen atoms in total. The maximum atomic E-state index is 14.0. The highest BCUT2D eigenvalue weighted by molar-refractivity contribution is 6.38. The van der Waals surface area contributed by atoms with Gasteiger partial charge in [0.05, 0.1) is 31.9 Å². The van der Waals surface area contributed by atoms with E-state index in [9.17, 15) is 33.6 Å². The Morgan fingerprint density at radius 3 is 2.21 bits per heavy atom. The second kappa shape index (κ2) is 21.2. The summed E-state index contributed by atoms with van der Waals surface area (Å²) in [7, 11) is 0. The molecular formula is C38H58N6O9. The van der Waals surface area contributed by atoms with Crippen molar-refractivity contribution in [2.24, 2.45) is 23.5 Å². The first kappa shape index (κ1) is 42.9. The Kier molecular flexibility index (Phi) is 17.2. The van der Waals surface area contributed by atoms with E-state index in [1.165, 1.54) is 4.90 Å². The number of nitrogens with zero attached hydrogens (tertiary/aromatic N) is 1. The Labute approximate surface area is 312 Å². The summed E-state index contributed by atoms with van der Waals surface area (Å²) in [5.74, 6) is -4.93. The van der Waals surface area contributed by atoms with E-state index in [-0.39, 0.29) is 50.4 Å². The summed E-state index contributed by atoms with van der Waals surface area (Å²) in [5, 5.41) is 10.2. The maximum Gasteiger partial charge on any atom is 0.407 e. The molecule has 1 saturated carbocycles. The number of amides is 6. The minimum Gasteiger partial charge on any atom is -0.449 e. The number of carbonyl (C=O) groups is 7. The lowest BCUT2D eigenvalue weighted by Gasteiger charge is -2.31. The molecule has 15 heteroatoms. The second-order valence-corrected chi connectivity index (χ2v) is 14.8. The molecule has 0 radical (unpaired) electrons. The lowest BCUT2D eigenvalue weighted by Crippen LogP contribution is -2.57. The van der Waals surface area contributed by atoms with Crippen LogP contribution in [0.4, 0.5) is 4.79 Å². The summed E-state index contributed by atoms with van der Waals surface area (Å²) in [5.41, 5.74) is 6.46. The minimum absolute atomic E-state index is 0.0465. The van der Waals surface area contributed by atoms with Gasteiger partial charge in [0.1, 0.15) is 18.1 Å². The Bertz CT molecular complexity index is 1420. The van der Waals surface area contributed by atoms with Crippen molar-refractivity contribution >= 4 is 41.4 Å². The van der Waals surface area contributed by atoms with Gasteiger partial charge in [0.2, 0.25) is 29.4 Å². The van der Waals surface area contributed by atoms with Gasteiger partial charge in [-0.05, 0) is 42.6 Å². The number of ether oxygens (including phenoxy) is 2. The van der Waals surface area contributed by atoms with E-state index in [4.69, 9.17) is 15.2 Å². The number of likely N-dealkylation sites (tertiary alicyclic amines) is 1. The number of ketones is 1. The molecule has 0 aromatic heterocycles. The number of hydrogen-bond acceptors (Lipinski definition) is 9. The first-order valence-corrected chi connectivity index (χ1v) is 18.8. The molecule has 6 amide bonds. The Hall–Kier alpha value is -4.53. The smallest absolute Gasteiger partial charge is 0.407 e. The van der Waals surface area contributed by atoms with E-state index < -0.39 is 78.2 Å². The first-order chi connectivity index (χ1) is 25.2. The van der Waals surface area contributed by atoms with Crippen molar-refractivity contribution in [1.82, 2.24) is 26.2 Å². The van der Waals surface area contributed by atoms with Crippen LogP contribution in [-0.2, 0) is 44.8 Å². The zero-order chi connectivity index (χ0) is 39.1. The highest BCUT2D eigenvalue weighted by Crippen LogP contribution is 2.27. The molecule has 6 N–H and O–H groups in total. The first-order valence-electron chi connectivity index (χ1n) is 18.8. The predicted molar refractivity (Wildman–Crippen MR) is 196 cm³/mol. The van der Waals surface area contributed by atoms with Crippen LogP contribution in [0.5, 0.6) is 0 Å². The van der Waals surface area contributed by atoms with Crippen LogP contribution < -0.4 is 27.0 Å². The monoisotopic (exact) mass is 742 g/mol. The number of primary amides is 1. The summed E-state index contributed by atoms with van der Waals surface area (Å²) in [6.45, 7) is 8.96. The van der Waals surface area contributed by atoms with E-state index in [0.717, 1.165) is 37.7 Å². The van der Waals surface area contributed by atoms with Gasteiger partial charge in [0, 0.05) is 13.0 Å². The zero-order valence-electron chi connectivity index (χ0n) is 31.7. The van der Waals surface area contributed by atoms with Gasteiger partial charge >= 0.3 is 6.09 Å². The summed E-state index contributed by atoms with van der Waals surface area (Å²) in [4.78, 5) is 93.0. The molecule has 1 aliphatic carbocycles. The fourth-order valence-corrected chi connectivity index (χ4v) is 6.65. The standard InChI is InChI=1S/C38H58N6O9/c1-6-13-28(33(46)36(49)40-19-30(45)42-32(34(39)47)26-16-11-8-12-17-26)41-35(48)29-18-27(52-22-25-14-9-7-10-15-25)20-44(29)37(50)31(24(4)5)43-38(51)53-21-23(2)3/h7,9-10,14-15,23-24,26-29,31-32H,6,8,11-13,16-22H2,1-5H3,(H2,39,47)(H,40,49)(H,41,48)(H,42,45)(H,43,51)/t27-,28?,29+,31?,32?/m1/s1. The number of carbonyl (C=O) groups excluding carboxylic acids is 7. The molecule has 2 aliphatic rings. The largest absolute Gasteiger partial charge is 0.449 e. The lowest BCUT2D eigenvalue weighted by atomic mass is 9.83. The highest BCUT2D eigenvalue weighted by Gasteiger charge is 2.44. The van der Waals surface area contributed by atoms with Crippen LogP contribution in [0.1, 0.15) is 91.5 Å². The fourth-order valence-electron chi connectivity index (χ4n) is 6.65. The third-order valence-corrected chi connectivity index (χ3v) is 9.52. The molecule has 2 fully saturated rings. The molecule has 3 unspecified atom stereocenters. The summed E-state index contributed by atoms with van der Waals surface area (Å²) in [6, 6.07) is 5.20. The maximum absolute atomic E-state index is 14.0. The Balaban J connectivity index is 1.71. The molecule has 1 aliphatic heterocycles. The quantitative estimate of drug-likeness (QED) is 0.131. The van der Waals surface area contributed by atoms with Gasteiger partial charge in [-0.1, -0.05) is 90.6 Å². The van der Waals surface area contributed by atoms with Crippen molar-refractivity contribution in [2.45, 2.75) is 123 Å². The van der Waals surface area contributed by atoms with Crippen molar-refractivity contribution < 1.29 is 43.0 Å². The number of benzene rings is 1. The van der Waals surface area contributed by atoms with Crippen molar-refractivity contribution in [1.29, 1.82) is 0 Å². The molecule has 1 aromatic carbocycles. The third kappa shape index (κ3) is 13.4. The molecule has 1 heterocycles. The van der Waals surface area contributed by atoms with Gasteiger partial charge < -0.3 is 41.4 Å². The van der Waals surface area contributed by atoms with Crippen LogP contribution >= 0.6 is 0 Å². The second-order valence-electron chi connectivity index (χ2n) is 14.8. The van der Waals surface area contributed by atoms with E-state index in [2.05, 4.69) is 21.3 Å². The van der Waals surface area contributed by atoms with Crippen molar-refractivity contribution in [3.63, 3.8) is 0 Å². The molecule has 1 aromatic rings. The van der Waals surface area contributed by atoms with E-state index in [0.29, 0.717) is 6.42 Å². The van der Waals surface area contributed by atoms with Crippen LogP contribution in [-0.4, -0.2) is 96.3 Å². The molecule has 5 atom stereocenters. The van der Waals surface area contributed by atoms with Crippen LogP contribution in [0.25, 0.3) is 0 Å². The van der Waals surface area contributed by atoms with Crippen LogP contribution in [0.2, 0.25) is 0 Å². The number of Topliss-reactive ketones (excluding diaryl/α,β-unsaturated/α-hetero) is 1. The average Bonchev–Trinajstić information content (AvgIpc) is 3.57. The summed E-state index contributed by atoms with van der Waals surface area (Å²) >= 11 is 0. The molecule has 3 rings (SSSR count). The van der Waals surface area contributed by atoms with E-state index in [1.807, 2.05) is 44.2 Å². The van der Waals surface area contributed by atoms with Crippen molar-refractivity contribution in [3.8, 4) is 0 Å². The Morgan fingerprint density at radius 1 is 0.925 bits per heavy atom. The topological polar surface area (TPSA) is 215 Å². The molecule has 1 saturated heterocycles. The van der Waals surface area contributed by atoms with Crippen LogP contribution in [0.15, 0.2) is 30.3 Å². The number of hydrogen-bond donors (Lipinski definition) is 5. The van der Waals surface area contributed by atoms with Crippen molar-refractivity contribution in [2.75, 3.05) is 19.7 Å². The minimum atomic E-state index is -1.25. The molecular weight excluding hydrogens is 684 g/mol. The van der Waals surface area contributed by atoms with Gasteiger partial charge in [-0.2, -0.15) is 0 Å². The van der Waals surface area contributed by atoms with E-state index >= 15 is 0 Å². The van der Waals surface area contributed by atoms with Gasteiger partial charge in [-0.15, -0.1) is 0 Å². The normalized spacial score (nSPS) is 19.2. The SMILES string of the molecule is CCCC(NC(=O)[C@@H]1C[C@@H](OCc2ccccc2)CN1C(=O)C(NC(=O)OCC(C)C)C(C)C)C(=O)C(=O)NCC(=O)NC(C(N)=O)C1CCCCC1. The molecule has 0 bridgehead atoms. The highest BCUT2D eigenvalue weighted by atomic mass is 16.5. The summed E-state index contributed by atoms with van der Waals surface area (Å²) < 4.78 is 11.4. The number of nitrogens with two attached hydrogens (primary N) is 1. The zero-order valence-corrected chi connectivity index (χ0v) is 31.7. The summed E-state index contributed by atoms with van der Waals surface area (Å²) in [6.07, 6.45) is 3.75. The Morgan fingerprint density at radius 2 is 1.60 bits per heavy atom. The van der Waals surface area contributed by atoms with Gasteiger partial charge in [0.25, 0.3) is 5.91 Å². The van der Waals surface area contributed by atoms with Gasteiger partial charge in [-0.3, -0.25) is 28.8 Å².